The maximum atomic E-state index is 4.74. The Balaban J connectivity index is 2.33. The molecule has 0 spiro atoms. The molecule has 0 aliphatic rings. The first kappa shape index (κ1) is 13.8. The van der Waals surface area contributed by atoms with Crippen LogP contribution < -0.4 is 5.32 Å². The van der Waals surface area contributed by atoms with Crippen LogP contribution in [0, 0.1) is 0 Å². The van der Waals surface area contributed by atoms with Gasteiger partial charge in [-0.1, -0.05) is 51.1 Å². The maximum absolute atomic E-state index is 4.74. The second kappa shape index (κ2) is 6.02. The number of para-hydroxylation sites is 1. The lowest BCUT2D eigenvalue weighted by Crippen LogP contribution is -2.22. The summed E-state index contributed by atoms with van der Waals surface area (Å²) in [6.45, 7) is 12.1. The number of aromatic nitrogens is 2. The molecule has 3 heteroatoms. The molecule has 2 rings (SSSR count). The number of benzene rings is 1. The highest BCUT2D eigenvalue weighted by Crippen LogP contribution is 2.19. The molecule has 0 unspecified atom stereocenters. The van der Waals surface area contributed by atoms with Gasteiger partial charge < -0.3 is 5.32 Å². The lowest BCUT2D eigenvalue weighted by Gasteiger charge is -2.06. The lowest BCUT2D eigenvalue weighted by atomic mass is 10.2. The van der Waals surface area contributed by atoms with E-state index in [1.165, 1.54) is 16.5 Å². The summed E-state index contributed by atoms with van der Waals surface area (Å²) in [7, 11) is 0. The molecule has 0 fully saturated rings. The van der Waals surface area contributed by atoms with Gasteiger partial charge in [-0.25, -0.2) is 0 Å². The van der Waals surface area contributed by atoms with Crippen LogP contribution in [0.5, 0.6) is 0 Å². The predicted molar refractivity (Wildman–Crippen MR) is 81.1 cm³/mol. The van der Waals surface area contributed by atoms with Crippen molar-refractivity contribution in [2.24, 2.45) is 0 Å². The second-order valence-corrected chi connectivity index (χ2v) is 5.26. The summed E-state index contributed by atoms with van der Waals surface area (Å²) in [5.41, 5.74) is 3.52. The molecule has 1 N–H and O–H groups in total. The summed E-state index contributed by atoms with van der Waals surface area (Å²) in [6.07, 6.45) is 0.994. The van der Waals surface area contributed by atoms with Gasteiger partial charge in [0.1, 0.15) is 0 Å². The van der Waals surface area contributed by atoms with Crippen molar-refractivity contribution in [2.75, 3.05) is 0 Å². The van der Waals surface area contributed by atoms with Gasteiger partial charge in [0.15, 0.2) is 0 Å². The van der Waals surface area contributed by atoms with Crippen molar-refractivity contribution in [3.8, 4) is 0 Å². The van der Waals surface area contributed by atoms with Crippen LogP contribution in [-0.4, -0.2) is 15.8 Å². The van der Waals surface area contributed by atoms with E-state index in [9.17, 15) is 0 Å². The Morgan fingerprint density at radius 3 is 2.79 bits per heavy atom. The third-order valence-corrected chi connectivity index (χ3v) is 3.29. The second-order valence-electron chi connectivity index (χ2n) is 5.26. The molecule has 0 saturated heterocycles. The summed E-state index contributed by atoms with van der Waals surface area (Å²) < 4.78 is 2.07. The number of hydrogen-bond acceptors (Lipinski definition) is 2. The molecule has 102 valence electrons. The SMILES string of the molecule is C=C(CC)Cn1nc(CNC(C)C)c2ccccc21. The van der Waals surface area contributed by atoms with Crippen LogP contribution in [0.15, 0.2) is 36.4 Å². The Bertz CT molecular complexity index is 566. The summed E-state index contributed by atoms with van der Waals surface area (Å²) >= 11 is 0. The zero-order chi connectivity index (χ0) is 13.8. The fourth-order valence-corrected chi connectivity index (χ4v) is 2.07. The van der Waals surface area contributed by atoms with E-state index in [4.69, 9.17) is 5.10 Å². The topological polar surface area (TPSA) is 29.9 Å². The van der Waals surface area contributed by atoms with E-state index in [0.29, 0.717) is 6.04 Å². The predicted octanol–water partition coefficient (Wildman–Crippen LogP) is 3.50. The Hall–Kier alpha value is -1.61. The Labute approximate surface area is 115 Å². The molecule has 2 aromatic rings. The number of rotatable bonds is 6. The van der Waals surface area contributed by atoms with E-state index < -0.39 is 0 Å². The highest BCUT2D eigenvalue weighted by molar-refractivity contribution is 5.82. The Morgan fingerprint density at radius 1 is 1.37 bits per heavy atom. The average Bonchev–Trinajstić information content (AvgIpc) is 2.75. The van der Waals surface area contributed by atoms with Crippen molar-refractivity contribution in [3.63, 3.8) is 0 Å². The number of nitrogens with zero attached hydrogens (tertiary/aromatic N) is 2. The Kier molecular flexibility index (Phi) is 4.38. The van der Waals surface area contributed by atoms with Gasteiger partial charge in [-0.05, 0) is 12.5 Å². The van der Waals surface area contributed by atoms with E-state index in [0.717, 1.165) is 25.2 Å². The molecule has 0 saturated carbocycles. The molecule has 0 atom stereocenters. The standard InChI is InChI=1S/C16H23N3/c1-5-13(4)11-19-16-9-7-6-8-14(16)15(18-19)10-17-12(2)3/h6-9,12,17H,4-5,10-11H2,1-3H3. The average molecular weight is 257 g/mol. The van der Waals surface area contributed by atoms with Gasteiger partial charge in [-0.3, -0.25) is 4.68 Å². The van der Waals surface area contributed by atoms with Gasteiger partial charge in [0.2, 0.25) is 0 Å². The minimum absolute atomic E-state index is 0.467. The third-order valence-electron chi connectivity index (χ3n) is 3.29. The molecule has 0 aliphatic heterocycles. The molecule has 3 nitrogen and oxygen atoms in total. The minimum Gasteiger partial charge on any atom is -0.309 e. The van der Waals surface area contributed by atoms with Crippen LogP contribution in [0.2, 0.25) is 0 Å². The molecule has 1 aromatic carbocycles. The van der Waals surface area contributed by atoms with Gasteiger partial charge in [-0.15, -0.1) is 0 Å². The molecule has 0 amide bonds. The molecule has 0 aliphatic carbocycles. The first-order valence-electron chi connectivity index (χ1n) is 6.96. The van der Waals surface area contributed by atoms with Gasteiger partial charge in [0, 0.05) is 18.0 Å². The number of nitrogens with one attached hydrogen (secondary N) is 1. The van der Waals surface area contributed by atoms with Crippen LogP contribution in [0.4, 0.5) is 0 Å². The third kappa shape index (κ3) is 3.24. The number of fused-ring (bicyclic) bond motifs is 1. The fourth-order valence-electron chi connectivity index (χ4n) is 2.07. The highest BCUT2D eigenvalue weighted by atomic mass is 15.3. The van der Waals surface area contributed by atoms with E-state index in [1.807, 2.05) is 0 Å². The van der Waals surface area contributed by atoms with E-state index in [-0.39, 0.29) is 0 Å². The summed E-state index contributed by atoms with van der Waals surface area (Å²) in [5.74, 6) is 0. The van der Waals surface area contributed by atoms with E-state index in [1.54, 1.807) is 0 Å². The van der Waals surface area contributed by atoms with Crippen molar-refractivity contribution in [2.45, 2.75) is 46.3 Å². The van der Waals surface area contributed by atoms with Crippen molar-refractivity contribution < 1.29 is 0 Å². The van der Waals surface area contributed by atoms with E-state index in [2.05, 4.69) is 61.6 Å². The highest BCUT2D eigenvalue weighted by Gasteiger charge is 2.10. The van der Waals surface area contributed by atoms with E-state index >= 15 is 0 Å². The van der Waals surface area contributed by atoms with Crippen molar-refractivity contribution in [3.05, 3.63) is 42.1 Å². The first-order valence-corrected chi connectivity index (χ1v) is 6.96. The summed E-state index contributed by atoms with van der Waals surface area (Å²) in [5, 5.41) is 9.41. The molecular formula is C16H23N3. The normalized spacial score (nSPS) is 11.4. The van der Waals surface area contributed by atoms with Crippen molar-refractivity contribution in [1.29, 1.82) is 0 Å². The van der Waals surface area contributed by atoms with Gasteiger partial charge >= 0.3 is 0 Å². The zero-order valence-electron chi connectivity index (χ0n) is 12.1. The van der Waals surface area contributed by atoms with Crippen molar-refractivity contribution >= 4 is 10.9 Å². The largest absolute Gasteiger partial charge is 0.309 e. The molecular weight excluding hydrogens is 234 g/mol. The molecule has 0 radical (unpaired) electrons. The van der Waals surface area contributed by atoms with Gasteiger partial charge in [0.05, 0.1) is 17.8 Å². The fraction of sp³-hybridized carbons (Fsp3) is 0.438. The van der Waals surface area contributed by atoms with Gasteiger partial charge in [0.25, 0.3) is 0 Å². The molecule has 1 heterocycles. The number of allylic oxidation sites excluding steroid dienone is 1. The molecule has 1 aromatic heterocycles. The summed E-state index contributed by atoms with van der Waals surface area (Å²) in [6, 6.07) is 8.88. The van der Waals surface area contributed by atoms with Gasteiger partial charge in [-0.2, -0.15) is 5.10 Å². The van der Waals surface area contributed by atoms with Crippen molar-refractivity contribution in [1.82, 2.24) is 15.1 Å². The number of hydrogen-bond donors (Lipinski definition) is 1. The first-order chi connectivity index (χ1) is 9.11. The smallest absolute Gasteiger partial charge is 0.0841 e. The van der Waals surface area contributed by atoms with Crippen LogP contribution in [-0.2, 0) is 13.1 Å². The maximum Gasteiger partial charge on any atom is 0.0841 e. The quantitative estimate of drug-likeness (QED) is 0.803. The van der Waals surface area contributed by atoms with Crippen LogP contribution in [0.25, 0.3) is 10.9 Å². The van der Waals surface area contributed by atoms with Crippen LogP contribution in [0.3, 0.4) is 0 Å². The molecule has 0 bridgehead atoms. The van der Waals surface area contributed by atoms with Crippen LogP contribution >= 0.6 is 0 Å². The monoisotopic (exact) mass is 257 g/mol. The Morgan fingerprint density at radius 2 is 2.11 bits per heavy atom. The lowest BCUT2D eigenvalue weighted by molar-refractivity contribution is 0.571. The zero-order valence-corrected chi connectivity index (χ0v) is 12.1. The summed E-state index contributed by atoms with van der Waals surface area (Å²) in [4.78, 5) is 0. The minimum atomic E-state index is 0.467. The molecule has 19 heavy (non-hydrogen) atoms. The van der Waals surface area contributed by atoms with Crippen LogP contribution in [0.1, 0.15) is 32.9 Å².